The minimum absolute atomic E-state index is 0.0834. The Morgan fingerprint density at radius 1 is 1.17 bits per heavy atom. The third-order valence-corrected chi connectivity index (χ3v) is 5.33. The zero-order chi connectivity index (χ0) is 21.1. The number of phenolic OH excluding ortho intramolecular Hbond substituents is 1. The number of rotatable bonds is 5. The van der Waals surface area contributed by atoms with Crippen LogP contribution in [0.25, 0.3) is 10.8 Å². The van der Waals surface area contributed by atoms with Crippen LogP contribution >= 0.6 is 27.5 Å². The van der Waals surface area contributed by atoms with Gasteiger partial charge >= 0.3 is 0 Å². The zero-order valence-electron chi connectivity index (χ0n) is 15.6. The number of halogens is 2. The average molecular weight is 484 g/mol. The molecular weight excluding hydrogens is 468 g/mol. The van der Waals surface area contributed by atoms with Gasteiger partial charge in [-0.25, -0.2) is 5.43 Å². The summed E-state index contributed by atoms with van der Waals surface area (Å²) in [5.74, 6) is -0.382. The van der Waals surface area contributed by atoms with Crippen LogP contribution in [0.3, 0.4) is 0 Å². The first-order valence-corrected chi connectivity index (χ1v) is 10.2. The number of carbonyl (C=O) groups excluding carboxylic acids is 1. The Labute approximate surface area is 185 Å². The Balaban J connectivity index is 1.49. The molecule has 0 fully saturated rings. The van der Waals surface area contributed by atoms with E-state index in [0.717, 1.165) is 16.3 Å². The van der Waals surface area contributed by atoms with Crippen molar-refractivity contribution < 1.29 is 9.90 Å². The van der Waals surface area contributed by atoms with Crippen molar-refractivity contribution in [2.45, 2.75) is 6.54 Å². The molecule has 0 saturated heterocycles. The van der Waals surface area contributed by atoms with Crippen molar-refractivity contribution in [3.63, 3.8) is 0 Å². The number of nitrogens with zero attached hydrogens (tertiary/aromatic N) is 3. The molecule has 0 saturated carbocycles. The molecule has 0 atom stereocenters. The van der Waals surface area contributed by atoms with Gasteiger partial charge in [-0.3, -0.25) is 9.48 Å². The van der Waals surface area contributed by atoms with Crippen LogP contribution in [0.15, 0.2) is 76.4 Å². The summed E-state index contributed by atoms with van der Waals surface area (Å²) in [5.41, 5.74) is 4.21. The number of benzene rings is 3. The molecule has 0 bridgehead atoms. The van der Waals surface area contributed by atoms with E-state index < -0.39 is 5.91 Å². The minimum atomic E-state index is -0.465. The topological polar surface area (TPSA) is 79.5 Å². The van der Waals surface area contributed by atoms with Crippen LogP contribution in [0.2, 0.25) is 5.02 Å². The molecule has 4 aromatic rings. The number of fused-ring (bicyclic) bond motifs is 1. The molecule has 2 N–H and O–H groups in total. The second kappa shape index (κ2) is 8.69. The lowest BCUT2D eigenvalue weighted by atomic mass is 10.0. The monoisotopic (exact) mass is 482 g/mol. The molecule has 1 heterocycles. The van der Waals surface area contributed by atoms with Crippen molar-refractivity contribution in [1.29, 1.82) is 0 Å². The molecule has 0 radical (unpaired) electrons. The van der Waals surface area contributed by atoms with Crippen LogP contribution in [0, 0.1) is 0 Å². The summed E-state index contributed by atoms with van der Waals surface area (Å²) in [7, 11) is 0. The van der Waals surface area contributed by atoms with Gasteiger partial charge in [-0.2, -0.15) is 10.2 Å². The normalized spacial score (nSPS) is 11.3. The lowest BCUT2D eigenvalue weighted by Crippen LogP contribution is -2.19. The fraction of sp³-hybridized carbons (Fsp3) is 0.0455. The number of hydrogen-bond acceptors (Lipinski definition) is 4. The van der Waals surface area contributed by atoms with E-state index in [-0.39, 0.29) is 11.4 Å². The average Bonchev–Trinajstić information content (AvgIpc) is 3.11. The molecule has 3 aromatic carbocycles. The van der Waals surface area contributed by atoms with Crippen LogP contribution in [0.1, 0.15) is 21.6 Å². The van der Waals surface area contributed by atoms with Gasteiger partial charge in [0.25, 0.3) is 5.91 Å². The van der Waals surface area contributed by atoms with E-state index in [0.29, 0.717) is 21.6 Å². The van der Waals surface area contributed by atoms with Gasteiger partial charge in [0, 0.05) is 16.8 Å². The summed E-state index contributed by atoms with van der Waals surface area (Å²) in [6.07, 6.45) is 3.15. The highest BCUT2D eigenvalue weighted by molar-refractivity contribution is 9.10. The summed E-state index contributed by atoms with van der Waals surface area (Å²) >= 11 is 9.27. The number of aromatic hydroxyl groups is 1. The number of aromatic nitrogens is 2. The molecule has 8 heteroatoms. The van der Waals surface area contributed by atoms with E-state index in [1.165, 1.54) is 6.21 Å². The molecule has 0 spiro atoms. The Morgan fingerprint density at radius 2 is 1.93 bits per heavy atom. The fourth-order valence-electron chi connectivity index (χ4n) is 3.04. The Morgan fingerprint density at radius 3 is 2.73 bits per heavy atom. The molecule has 4 rings (SSSR count). The van der Waals surface area contributed by atoms with Crippen molar-refractivity contribution in [3.8, 4) is 5.75 Å². The summed E-state index contributed by atoms with van der Waals surface area (Å²) in [5, 5.41) is 20.9. The highest BCUT2D eigenvalue weighted by atomic mass is 79.9. The molecule has 30 heavy (non-hydrogen) atoms. The summed E-state index contributed by atoms with van der Waals surface area (Å²) < 4.78 is 2.21. The SMILES string of the molecule is O=C(NN=Cc1c(O)ccc2ccccc12)c1nn(Cc2ccc(Cl)cc2)cc1Br. The van der Waals surface area contributed by atoms with E-state index in [9.17, 15) is 9.90 Å². The molecule has 6 nitrogen and oxygen atoms in total. The lowest BCUT2D eigenvalue weighted by molar-refractivity contribution is 0.0948. The number of phenols is 1. The molecule has 0 aliphatic rings. The first kappa shape index (κ1) is 20.1. The van der Waals surface area contributed by atoms with Gasteiger partial charge in [0.15, 0.2) is 5.69 Å². The van der Waals surface area contributed by atoms with Crippen LogP contribution in [-0.4, -0.2) is 27.0 Å². The molecule has 150 valence electrons. The van der Waals surface area contributed by atoms with Crippen molar-refractivity contribution >= 4 is 50.4 Å². The predicted molar refractivity (Wildman–Crippen MR) is 121 cm³/mol. The summed E-state index contributed by atoms with van der Waals surface area (Å²) in [6.45, 7) is 0.496. The fourth-order valence-corrected chi connectivity index (χ4v) is 3.66. The van der Waals surface area contributed by atoms with Gasteiger partial charge in [-0.1, -0.05) is 54.1 Å². The van der Waals surface area contributed by atoms with Crippen molar-refractivity contribution in [2.24, 2.45) is 5.10 Å². The van der Waals surface area contributed by atoms with E-state index in [1.807, 2.05) is 42.5 Å². The van der Waals surface area contributed by atoms with Gasteiger partial charge in [0.2, 0.25) is 0 Å². The minimum Gasteiger partial charge on any atom is -0.507 e. The second-order valence-corrected chi connectivity index (χ2v) is 7.86. The van der Waals surface area contributed by atoms with Gasteiger partial charge in [0.05, 0.1) is 17.2 Å². The molecule has 0 unspecified atom stereocenters. The van der Waals surface area contributed by atoms with Crippen LogP contribution in [-0.2, 0) is 6.54 Å². The highest BCUT2D eigenvalue weighted by Gasteiger charge is 2.15. The van der Waals surface area contributed by atoms with Gasteiger partial charge in [-0.15, -0.1) is 0 Å². The quantitative estimate of drug-likeness (QED) is 0.311. The Kier molecular flexibility index (Phi) is 5.83. The van der Waals surface area contributed by atoms with Crippen molar-refractivity contribution in [3.05, 3.63) is 93.2 Å². The Bertz CT molecular complexity index is 1250. The Hall–Kier alpha value is -3.16. The van der Waals surface area contributed by atoms with Gasteiger partial charge < -0.3 is 5.11 Å². The van der Waals surface area contributed by atoms with E-state index in [1.54, 1.807) is 29.1 Å². The van der Waals surface area contributed by atoms with Gasteiger partial charge in [-0.05, 0) is 50.5 Å². The number of hydrazone groups is 1. The first-order chi connectivity index (χ1) is 14.5. The maximum Gasteiger partial charge on any atom is 0.293 e. The second-order valence-electron chi connectivity index (χ2n) is 6.57. The maximum atomic E-state index is 12.5. The zero-order valence-corrected chi connectivity index (χ0v) is 17.9. The first-order valence-electron chi connectivity index (χ1n) is 9.03. The standard InChI is InChI=1S/C22H16BrClN4O2/c23-19-13-28(12-14-5-8-16(24)9-6-14)27-21(19)22(30)26-25-11-18-17-4-2-1-3-15(17)7-10-20(18)29/h1-11,13,29H,12H2,(H,26,30). The molecule has 1 aromatic heterocycles. The molecule has 0 aliphatic carbocycles. The third kappa shape index (κ3) is 4.37. The largest absolute Gasteiger partial charge is 0.507 e. The van der Waals surface area contributed by atoms with E-state index in [2.05, 4.69) is 31.6 Å². The van der Waals surface area contributed by atoms with Crippen LogP contribution in [0.4, 0.5) is 0 Å². The number of carbonyl (C=O) groups is 1. The molecule has 0 aliphatic heterocycles. The van der Waals surface area contributed by atoms with Crippen LogP contribution in [0.5, 0.6) is 5.75 Å². The highest BCUT2D eigenvalue weighted by Crippen LogP contribution is 2.25. The number of hydrogen-bond donors (Lipinski definition) is 2. The lowest BCUT2D eigenvalue weighted by Gasteiger charge is -2.04. The van der Waals surface area contributed by atoms with Crippen LogP contribution < -0.4 is 5.43 Å². The summed E-state index contributed by atoms with van der Waals surface area (Å²) in [6, 6.07) is 18.5. The van der Waals surface area contributed by atoms with Crippen molar-refractivity contribution in [1.82, 2.24) is 15.2 Å². The molecule has 1 amide bonds. The number of nitrogens with one attached hydrogen (secondary N) is 1. The van der Waals surface area contributed by atoms with Gasteiger partial charge in [0.1, 0.15) is 5.75 Å². The smallest absolute Gasteiger partial charge is 0.293 e. The van der Waals surface area contributed by atoms with E-state index >= 15 is 0 Å². The third-order valence-electron chi connectivity index (χ3n) is 4.50. The molecular formula is C22H16BrClN4O2. The van der Waals surface area contributed by atoms with Crippen molar-refractivity contribution in [2.75, 3.05) is 0 Å². The maximum absolute atomic E-state index is 12.5. The predicted octanol–water partition coefficient (Wildman–Crippen LogP) is 4.97. The number of amides is 1. The van der Waals surface area contributed by atoms with E-state index in [4.69, 9.17) is 11.6 Å². The summed E-state index contributed by atoms with van der Waals surface area (Å²) in [4.78, 5) is 12.5.